The maximum atomic E-state index is 11.9. The number of aromatic nitrogens is 2. The van der Waals surface area contributed by atoms with E-state index in [1.54, 1.807) is 6.20 Å². The van der Waals surface area contributed by atoms with Crippen LogP contribution in [0, 0.1) is 5.41 Å². The van der Waals surface area contributed by atoms with Crippen LogP contribution in [0.2, 0.25) is 0 Å². The SMILES string of the molecule is CC(C)(C)C(Cn1ccnc1)NC1CCCC1S(C)(=O)=O. The number of sulfone groups is 1. The van der Waals surface area contributed by atoms with Crippen molar-refractivity contribution in [3.8, 4) is 0 Å². The van der Waals surface area contributed by atoms with E-state index in [-0.39, 0.29) is 22.7 Å². The Morgan fingerprint density at radius 3 is 2.62 bits per heavy atom. The highest BCUT2D eigenvalue weighted by Crippen LogP contribution is 2.28. The van der Waals surface area contributed by atoms with Gasteiger partial charge in [-0.1, -0.05) is 27.2 Å². The molecule has 0 aromatic carbocycles. The molecule has 120 valence electrons. The van der Waals surface area contributed by atoms with Crippen LogP contribution in [0.3, 0.4) is 0 Å². The fourth-order valence-electron chi connectivity index (χ4n) is 3.07. The molecule has 2 rings (SSSR count). The van der Waals surface area contributed by atoms with Gasteiger partial charge in [0.2, 0.25) is 0 Å². The summed E-state index contributed by atoms with van der Waals surface area (Å²) in [5.74, 6) is 0. The molecule has 0 amide bonds. The first-order chi connectivity index (χ1) is 9.68. The summed E-state index contributed by atoms with van der Waals surface area (Å²) in [6, 6.07) is 0.270. The van der Waals surface area contributed by atoms with Crippen LogP contribution in [0.25, 0.3) is 0 Å². The second kappa shape index (κ2) is 6.08. The Hall–Kier alpha value is -0.880. The third-order valence-corrected chi connectivity index (χ3v) is 6.08. The lowest BCUT2D eigenvalue weighted by Crippen LogP contribution is -2.51. The van der Waals surface area contributed by atoms with Crippen molar-refractivity contribution >= 4 is 9.84 Å². The van der Waals surface area contributed by atoms with Crippen molar-refractivity contribution in [2.45, 2.75) is 63.9 Å². The summed E-state index contributed by atoms with van der Waals surface area (Å²) in [6.45, 7) is 7.36. The van der Waals surface area contributed by atoms with E-state index in [2.05, 4.69) is 31.1 Å². The van der Waals surface area contributed by atoms with Crippen molar-refractivity contribution < 1.29 is 8.42 Å². The van der Waals surface area contributed by atoms with Crippen LogP contribution < -0.4 is 5.32 Å². The zero-order valence-corrected chi connectivity index (χ0v) is 14.2. The van der Waals surface area contributed by atoms with Gasteiger partial charge in [-0.25, -0.2) is 13.4 Å². The van der Waals surface area contributed by atoms with E-state index >= 15 is 0 Å². The van der Waals surface area contributed by atoms with Crippen LogP contribution >= 0.6 is 0 Å². The Balaban J connectivity index is 2.12. The highest BCUT2D eigenvalue weighted by atomic mass is 32.2. The van der Waals surface area contributed by atoms with Crippen molar-refractivity contribution in [1.29, 1.82) is 0 Å². The van der Waals surface area contributed by atoms with Gasteiger partial charge in [-0.05, 0) is 18.3 Å². The Bertz CT molecular complexity index is 546. The largest absolute Gasteiger partial charge is 0.336 e. The third-order valence-electron chi connectivity index (χ3n) is 4.42. The topological polar surface area (TPSA) is 64.0 Å². The molecular formula is C15H27N3O2S. The van der Waals surface area contributed by atoms with Crippen molar-refractivity contribution in [2.75, 3.05) is 6.26 Å². The van der Waals surface area contributed by atoms with E-state index in [1.807, 2.05) is 17.1 Å². The highest BCUT2D eigenvalue weighted by Gasteiger charge is 2.37. The molecule has 6 heteroatoms. The molecule has 3 atom stereocenters. The predicted octanol–water partition coefficient (Wildman–Crippen LogP) is 1.85. The predicted molar refractivity (Wildman–Crippen MR) is 84.9 cm³/mol. The molecule has 0 spiro atoms. The zero-order valence-electron chi connectivity index (χ0n) is 13.4. The standard InChI is InChI=1S/C15H27N3O2S/c1-15(2,3)14(10-18-9-8-16-11-18)17-12-6-5-7-13(12)21(4,19)20/h8-9,11-14,17H,5-7,10H2,1-4H3. The van der Waals surface area contributed by atoms with Gasteiger partial charge in [-0.15, -0.1) is 0 Å². The molecule has 1 aliphatic carbocycles. The summed E-state index contributed by atoms with van der Waals surface area (Å²) >= 11 is 0. The highest BCUT2D eigenvalue weighted by molar-refractivity contribution is 7.91. The average molecular weight is 313 g/mol. The molecule has 1 fully saturated rings. The van der Waals surface area contributed by atoms with E-state index in [1.165, 1.54) is 6.26 Å². The molecule has 1 N–H and O–H groups in total. The molecular weight excluding hydrogens is 286 g/mol. The third kappa shape index (κ3) is 4.30. The Labute approximate surface area is 128 Å². The Morgan fingerprint density at radius 1 is 1.38 bits per heavy atom. The van der Waals surface area contributed by atoms with Gasteiger partial charge in [0.05, 0.1) is 11.6 Å². The molecule has 21 heavy (non-hydrogen) atoms. The molecule has 0 bridgehead atoms. The van der Waals surface area contributed by atoms with Crippen molar-refractivity contribution in [1.82, 2.24) is 14.9 Å². The summed E-state index contributed by atoms with van der Waals surface area (Å²) in [5.41, 5.74) is 0.0505. The number of nitrogens with zero attached hydrogens (tertiary/aromatic N) is 2. The van der Waals surface area contributed by atoms with Gasteiger partial charge in [-0.3, -0.25) is 0 Å². The normalized spacial score (nSPS) is 25.1. The van der Waals surface area contributed by atoms with E-state index in [0.29, 0.717) is 0 Å². The summed E-state index contributed by atoms with van der Waals surface area (Å²) in [6.07, 6.45) is 9.59. The van der Waals surface area contributed by atoms with Gasteiger partial charge in [0, 0.05) is 37.3 Å². The maximum Gasteiger partial charge on any atom is 0.151 e. The molecule has 1 aromatic heterocycles. The summed E-state index contributed by atoms with van der Waals surface area (Å²) in [7, 11) is -2.99. The van der Waals surface area contributed by atoms with Crippen molar-refractivity contribution in [2.24, 2.45) is 5.41 Å². The summed E-state index contributed by atoms with van der Waals surface area (Å²) in [4.78, 5) is 4.08. The molecule has 1 heterocycles. The zero-order chi connectivity index (χ0) is 15.7. The Kier molecular flexibility index (Phi) is 4.78. The first kappa shape index (κ1) is 16.5. The molecule has 1 aromatic rings. The number of imidazole rings is 1. The van der Waals surface area contributed by atoms with Crippen LogP contribution in [0.1, 0.15) is 40.0 Å². The fraction of sp³-hybridized carbons (Fsp3) is 0.800. The second-order valence-electron chi connectivity index (χ2n) is 7.25. The molecule has 0 radical (unpaired) electrons. The number of nitrogens with one attached hydrogen (secondary N) is 1. The number of rotatable bonds is 5. The van der Waals surface area contributed by atoms with Crippen molar-refractivity contribution in [3.05, 3.63) is 18.7 Å². The van der Waals surface area contributed by atoms with Gasteiger partial charge < -0.3 is 9.88 Å². The van der Waals surface area contributed by atoms with Crippen molar-refractivity contribution in [3.63, 3.8) is 0 Å². The molecule has 1 aliphatic rings. The van der Waals surface area contributed by atoms with Gasteiger partial charge >= 0.3 is 0 Å². The van der Waals surface area contributed by atoms with E-state index in [4.69, 9.17) is 0 Å². The number of hydrogen-bond donors (Lipinski definition) is 1. The molecule has 0 saturated heterocycles. The minimum Gasteiger partial charge on any atom is -0.336 e. The minimum atomic E-state index is -2.99. The van der Waals surface area contributed by atoms with E-state index in [9.17, 15) is 8.42 Å². The molecule has 1 saturated carbocycles. The first-order valence-corrected chi connectivity index (χ1v) is 9.54. The van der Waals surface area contributed by atoms with E-state index < -0.39 is 9.84 Å². The maximum absolute atomic E-state index is 11.9. The molecule has 5 nitrogen and oxygen atoms in total. The second-order valence-corrected chi connectivity index (χ2v) is 9.51. The summed E-state index contributed by atoms with van der Waals surface area (Å²) in [5, 5.41) is 3.38. The van der Waals surface area contributed by atoms with Crippen LogP contribution in [-0.2, 0) is 16.4 Å². The van der Waals surface area contributed by atoms with Gasteiger partial charge in [0.1, 0.15) is 0 Å². The van der Waals surface area contributed by atoms with Gasteiger partial charge in [0.25, 0.3) is 0 Å². The van der Waals surface area contributed by atoms with Crippen LogP contribution in [0.4, 0.5) is 0 Å². The Morgan fingerprint density at radius 2 is 2.10 bits per heavy atom. The van der Waals surface area contributed by atoms with Crippen LogP contribution in [-0.4, -0.2) is 41.6 Å². The lowest BCUT2D eigenvalue weighted by Gasteiger charge is -2.35. The molecule has 3 unspecified atom stereocenters. The van der Waals surface area contributed by atoms with Gasteiger partial charge in [0.15, 0.2) is 9.84 Å². The molecule has 0 aliphatic heterocycles. The monoisotopic (exact) mass is 313 g/mol. The number of hydrogen-bond acceptors (Lipinski definition) is 4. The quantitative estimate of drug-likeness (QED) is 0.901. The first-order valence-electron chi connectivity index (χ1n) is 7.58. The van der Waals surface area contributed by atoms with Crippen LogP contribution in [0.15, 0.2) is 18.7 Å². The van der Waals surface area contributed by atoms with Gasteiger partial charge in [-0.2, -0.15) is 0 Å². The van der Waals surface area contributed by atoms with Crippen LogP contribution in [0.5, 0.6) is 0 Å². The fourth-order valence-corrected chi connectivity index (χ4v) is 4.48. The lowest BCUT2D eigenvalue weighted by atomic mass is 9.86. The lowest BCUT2D eigenvalue weighted by molar-refractivity contribution is 0.222. The smallest absolute Gasteiger partial charge is 0.151 e. The summed E-state index contributed by atoms with van der Waals surface area (Å²) < 4.78 is 25.9. The van der Waals surface area contributed by atoms with E-state index in [0.717, 1.165) is 25.8 Å². The minimum absolute atomic E-state index is 0.0505. The average Bonchev–Trinajstić information content (AvgIpc) is 2.96.